The fourth-order valence-electron chi connectivity index (χ4n) is 3.00. The summed E-state index contributed by atoms with van der Waals surface area (Å²) in [6, 6.07) is 10.8. The second-order valence-corrected chi connectivity index (χ2v) is 8.89. The number of carbonyl (C=O) groups is 2. The summed E-state index contributed by atoms with van der Waals surface area (Å²) in [6.45, 7) is -0.661. The van der Waals surface area contributed by atoms with Gasteiger partial charge in [-0.05, 0) is 43.3 Å². The van der Waals surface area contributed by atoms with E-state index in [1.165, 1.54) is 59.8 Å². The second-order valence-electron chi connectivity index (χ2n) is 6.95. The van der Waals surface area contributed by atoms with E-state index in [1.54, 1.807) is 0 Å². The minimum Gasteiger partial charge on any atom is -0.449 e. The number of benzene rings is 2. The highest BCUT2D eigenvalue weighted by Gasteiger charge is 2.26. The molecule has 0 aromatic heterocycles. The number of anilines is 1. The zero-order valence-corrected chi connectivity index (χ0v) is 18.4. The monoisotopic (exact) mass is 484 g/mol. The number of rotatable bonds is 8. The molecule has 3 rings (SSSR count). The maximum absolute atomic E-state index is 12.6. The smallest absolute Gasteiger partial charge is 0.387 e. The number of esters is 1. The summed E-state index contributed by atoms with van der Waals surface area (Å²) in [7, 11) is -3.68. The van der Waals surface area contributed by atoms with Crippen LogP contribution in [0.15, 0.2) is 53.4 Å². The van der Waals surface area contributed by atoms with Crippen molar-refractivity contribution in [3.05, 3.63) is 54.1 Å². The molecule has 1 heterocycles. The van der Waals surface area contributed by atoms with Crippen LogP contribution in [-0.4, -0.2) is 63.6 Å². The van der Waals surface area contributed by atoms with Crippen LogP contribution in [0.25, 0.3) is 0 Å². The van der Waals surface area contributed by atoms with Gasteiger partial charge in [-0.1, -0.05) is 12.1 Å². The van der Waals surface area contributed by atoms with Crippen molar-refractivity contribution >= 4 is 27.6 Å². The van der Waals surface area contributed by atoms with E-state index in [4.69, 9.17) is 9.47 Å². The Balaban J connectivity index is 1.61. The van der Waals surface area contributed by atoms with Gasteiger partial charge in [-0.25, -0.2) is 13.2 Å². The maximum Gasteiger partial charge on any atom is 0.387 e. The lowest BCUT2D eigenvalue weighted by Crippen LogP contribution is -2.40. The predicted molar refractivity (Wildman–Crippen MR) is 113 cm³/mol. The lowest BCUT2D eigenvalue weighted by atomic mass is 10.2. The normalized spacial score (nSPS) is 15.6. The number of alkyl halides is 2. The lowest BCUT2D eigenvalue weighted by molar-refractivity contribution is -0.123. The van der Waals surface area contributed by atoms with Gasteiger partial charge >= 0.3 is 12.6 Å². The van der Waals surface area contributed by atoms with Crippen LogP contribution in [0.5, 0.6) is 5.75 Å². The Bertz CT molecular complexity index is 1090. The molecule has 1 aliphatic heterocycles. The molecule has 1 N–H and O–H groups in total. The van der Waals surface area contributed by atoms with E-state index in [1.807, 2.05) is 0 Å². The summed E-state index contributed by atoms with van der Waals surface area (Å²) in [4.78, 5) is 24.8. The number of para-hydroxylation sites is 1. The van der Waals surface area contributed by atoms with Crippen molar-refractivity contribution in [3.8, 4) is 5.75 Å². The highest BCUT2D eigenvalue weighted by Crippen LogP contribution is 2.22. The number of halogens is 2. The fraction of sp³-hybridized carbons (Fsp3) is 0.333. The van der Waals surface area contributed by atoms with Gasteiger partial charge in [0.2, 0.25) is 10.0 Å². The topological polar surface area (TPSA) is 111 Å². The molecular weight excluding hydrogens is 462 g/mol. The maximum atomic E-state index is 12.6. The number of amides is 1. The number of sulfonamides is 1. The molecule has 1 amide bonds. The Labute approximate surface area is 189 Å². The molecule has 9 nitrogen and oxygen atoms in total. The molecule has 1 atom stereocenters. The van der Waals surface area contributed by atoms with E-state index in [9.17, 15) is 26.8 Å². The minimum atomic E-state index is -3.68. The number of carbonyl (C=O) groups excluding carboxylic acids is 2. The molecule has 2 aromatic carbocycles. The molecule has 1 unspecified atom stereocenters. The van der Waals surface area contributed by atoms with Gasteiger partial charge in [-0.2, -0.15) is 13.1 Å². The quantitative estimate of drug-likeness (QED) is 0.573. The van der Waals surface area contributed by atoms with Crippen molar-refractivity contribution in [2.24, 2.45) is 0 Å². The van der Waals surface area contributed by atoms with Gasteiger partial charge in [0.05, 0.1) is 18.1 Å². The third-order valence-electron chi connectivity index (χ3n) is 4.71. The largest absolute Gasteiger partial charge is 0.449 e. The van der Waals surface area contributed by atoms with Crippen molar-refractivity contribution in [2.45, 2.75) is 24.5 Å². The summed E-state index contributed by atoms with van der Waals surface area (Å²) in [5, 5.41) is 2.51. The van der Waals surface area contributed by atoms with Crippen LogP contribution >= 0.6 is 0 Å². The second kappa shape index (κ2) is 10.7. The first-order valence-electron chi connectivity index (χ1n) is 9.92. The van der Waals surface area contributed by atoms with Crippen LogP contribution in [0.2, 0.25) is 0 Å². The summed E-state index contributed by atoms with van der Waals surface area (Å²) in [5.74, 6) is -2.08. The molecule has 0 spiro atoms. The van der Waals surface area contributed by atoms with E-state index in [2.05, 4.69) is 10.1 Å². The van der Waals surface area contributed by atoms with Crippen LogP contribution in [0.4, 0.5) is 14.5 Å². The Morgan fingerprint density at radius 1 is 1.06 bits per heavy atom. The number of morpholine rings is 1. The molecule has 178 valence electrons. The van der Waals surface area contributed by atoms with Gasteiger partial charge in [0.1, 0.15) is 11.3 Å². The molecule has 0 bridgehead atoms. The molecule has 12 heteroatoms. The number of nitrogens with zero attached hydrogens (tertiary/aromatic N) is 1. The van der Waals surface area contributed by atoms with Crippen LogP contribution < -0.4 is 10.1 Å². The summed E-state index contributed by atoms with van der Waals surface area (Å²) >= 11 is 0. The van der Waals surface area contributed by atoms with Crippen molar-refractivity contribution in [1.29, 1.82) is 0 Å². The Kier molecular flexibility index (Phi) is 7.95. The molecule has 0 radical (unpaired) electrons. The SMILES string of the molecule is CC(OC(=O)c1ccccc1OC(F)F)C(=O)Nc1ccc(S(=O)(=O)N2CCOCC2)cc1. The van der Waals surface area contributed by atoms with Crippen molar-refractivity contribution in [1.82, 2.24) is 4.31 Å². The summed E-state index contributed by atoms with van der Waals surface area (Å²) in [6.07, 6.45) is -1.27. The number of nitrogens with one attached hydrogen (secondary N) is 1. The highest BCUT2D eigenvalue weighted by atomic mass is 32.2. The molecule has 0 aliphatic carbocycles. The zero-order chi connectivity index (χ0) is 24.0. The molecule has 0 saturated carbocycles. The Morgan fingerprint density at radius 2 is 1.70 bits per heavy atom. The van der Waals surface area contributed by atoms with Crippen molar-refractivity contribution in [2.75, 3.05) is 31.6 Å². The summed E-state index contributed by atoms with van der Waals surface area (Å²) < 4.78 is 66.2. The van der Waals surface area contributed by atoms with Crippen molar-refractivity contribution < 1.29 is 41.0 Å². The number of ether oxygens (including phenoxy) is 3. The van der Waals surface area contributed by atoms with Crippen LogP contribution in [0.1, 0.15) is 17.3 Å². The third kappa shape index (κ3) is 6.24. The zero-order valence-electron chi connectivity index (χ0n) is 17.6. The molecule has 1 aliphatic rings. The molecule has 33 heavy (non-hydrogen) atoms. The lowest BCUT2D eigenvalue weighted by Gasteiger charge is -2.26. The van der Waals surface area contributed by atoms with E-state index in [0.717, 1.165) is 0 Å². The van der Waals surface area contributed by atoms with Crippen molar-refractivity contribution in [3.63, 3.8) is 0 Å². The van der Waals surface area contributed by atoms with Gasteiger partial charge in [-0.3, -0.25) is 4.79 Å². The van der Waals surface area contributed by atoms with Crippen LogP contribution in [-0.2, 0) is 24.3 Å². The molecular formula is C21H22F2N2O7S. The van der Waals surface area contributed by atoms with E-state index < -0.39 is 34.6 Å². The first-order chi connectivity index (χ1) is 15.7. The first kappa shape index (κ1) is 24.6. The van der Waals surface area contributed by atoms with Gasteiger partial charge in [0.15, 0.2) is 6.10 Å². The number of hydrogen-bond donors (Lipinski definition) is 1. The van der Waals surface area contributed by atoms with Gasteiger partial charge in [0, 0.05) is 18.8 Å². The Morgan fingerprint density at radius 3 is 2.33 bits per heavy atom. The Hall–Kier alpha value is -3.09. The molecule has 2 aromatic rings. The highest BCUT2D eigenvalue weighted by molar-refractivity contribution is 7.89. The number of hydrogen-bond acceptors (Lipinski definition) is 7. The van der Waals surface area contributed by atoms with Crippen LogP contribution in [0.3, 0.4) is 0 Å². The first-order valence-corrected chi connectivity index (χ1v) is 11.4. The minimum absolute atomic E-state index is 0.0671. The molecule has 1 saturated heterocycles. The van der Waals surface area contributed by atoms with E-state index in [0.29, 0.717) is 13.2 Å². The fourth-order valence-corrected chi connectivity index (χ4v) is 4.41. The van der Waals surface area contributed by atoms with Gasteiger partial charge in [-0.15, -0.1) is 0 Å². The molecule has 1 fully saturated rings. The van der Waals surface area contributed by atoms with Gasteiger partial charge < -0.3 is 19.5 Å². The average Bonchev–Trinajstić information content (AvgIpc) is 2.80. The van der Waals surface area contributed by atoms with E-state index in [-0.39, 0.29) is 35.0 Å². The van der Waals surface area contributed by atoms with E-state index >= 15 is 0 Å². The third-order valence-corrected chi connectivity index (χ3v) is 6.62. The van der Waals surface area contributed by atoms with Gasteiger partial charge in [0.25, 0.3) is 5.91 Å². The standard InChI is InChI=1S/C21H22F2N2O7S/c1-14(31-20(27)17-4-2-3-5-18(17)32-21(22)23)19(26)24-15-6-8-16(9-7-15)33(28,29)25-10-12-30-13-11-25/h2-9,14,21H,10-13H2,1H3,(H,24,26). The summed E-state index contributed by atoms with van der Waals surface area (Å²) in [5.41, 5.74) is 0.0281. The van der Waals surface area contributed by atoms with Crippen LogP contribution in [0, 0.1) is 0 Å². The average molecular weight is 484 g/mol. The predicted octanol–water partition coefficient (Wildman–Crippen LogP) is 2.49.